The molecular weight excluding hydrogens is 274 g/mol. The standard InChI is InChI=1S/C19H25NO2/c1-15(2)11-12-22-19-6-4-5-17(13-19)20-14-16-7-9-18(21-3)10-8-16/h4-10,13,15,20H,11-12,14H2,1-3H3. The van der Waals surface area contributed by atoms with Crippen LogP contribution in [0.5, 0.6) is 11.5 Å². The van der Waals surface area contributed by atoms with Crippen molar-refractivity contribution >= 4 is 5.69 Å². The van der Waals surface area contributed by atoms with E-state index >= 15 is 0 Å². The van der Waals surface area contributed by atoms with Crippen molar-refractivity contribution in [2.24, 2.45) is 5.92 Å². The van der Waals surface area contributed by atoms with Crippen LogP contribution in [0.15, 0.2) is 48.5 Å². The van der Waals surface area contributed by atoms with Gasteiger partial charge in [0.05, 0.1) is 13.7 Å². The van der Waals surface area contributed by atoms with Crippen molar-refractivity contribution < 1.29 is 9.47 Å². The summed E-state index contributed by atoms with van der Waals surface area (Å²) in [5.41, 5.74) is 2.28. The minimum Gasteiger partial charge on any atom is -0.497 e. The van der Waals surface area contributed by atoms with Crippen LogP contribution in [-0.2, 0) is 6.54 Å². The Labute approximate surface area is 133 Å². The van der Waals surface area contributed by atoms with Gasteiger partial charge in [-0.05, 0) is 42.2 Å². The molecule has 0 radical (unpaired) electrons. The van der Waals surface area contributed by atoms with Gasteiger partial charge in [0.1, 0.15) is 11.5 Å². The number of rotatable bonds is 8. The Morgan fingerprint density at radius 1 is 1.00 bits per heavy atom. The van der Waals surface area contributed by atoms with Crippen LogP contribution in [0.25, 0.3) is 0 Å². The first-order chi connectivity index (χ1) is 10.7. The van der Waals surface area contributed by atoms with Gasteiger partial charge in [-0.25, -0.2) is 0 Å². The highest BCUT2D eigenvalue weighted by atomic mass is 16.5. The smallest absolute Gasteiger partial charge is 0.121 e. The summed E-state index contributed by atoms with van der Waals surface area (Å²) in [7, 11) is 1.68. The van der Waals surface area contributed by atoms with E-state index in [9.17, 15) is 0 Å². The number of hydrogen-bond donors (Lipinski definition) is 1. The summed E-state index contributed by atoms with van der Waals surface area (Å²) < 4.78 is 10.9. The molecule has 0 fully saturated rings. The van der Waals surface area contributed by atoms with Crippen LogP contribution in [-0.4, -0.2) is 13.7 Å². The van der Waals surface area contributed by atoms with E-state index in [2.05, 4.69) is 37.4 Å². The molecular formula is C19H25NO2. The van der Waals surface area contributed by atoms with Crippen LogP contribution in [0, 0.1) is 5.92 Å². The molecule has 3 nitrogen and oxygen atoms in total. The molecule has 0 atom stereocenters. The Kier molecular flexibility index (Phi) is 6.13. The Bertz CT molecular complexity index is 564. The lowest BCUT2D eigenvalue weighted by Crippen LogP contribution is -2.02. The van der Waals surface area contributed by atoms with E-state index in [1.54, 1.807) is 7.11 Å². The summed E-state index contributed by atoms with van der Waals surface area (Å²) in [5, 5.41) is 3.42. The van der Waals surface area contributed by atoms with Crippen LogP contribution in [0.1, 0.15) is 25.8 Å². The number of hydrogen-bond acceptors (Lipinski definition) is 3. The highest BCUT2D eigenvalue weighted by Crippen LogP contribution is 2.19. The van der Waals surface area contributed by atoms with Gasteiger partial charge in [-0.1, -0.05) is 32.0 Å². The lowest BCUT2D eigenvalue weighted by molar-refractivity contribution is 0.289. The molecule has 0 amide bonds. The minimum absolute atomic E-state index is 0.663. The van der Waals surface area contributed by atoms with Gasteiger partial charge >= 0.3 is 0 Å². The average molecular weight is 299 g/mol. The molecule has 2 aromatic carbocycles. The molecule has 0 spiro atoms. The molecule has 0 aliphatic rings. The van der Waals surface area contributed by atoms with Crippen LogP contribution in [0.3, 0.4) is 0 Å². The molecule has 3 heteroatoms. The lowest BCUT2D eigenvalue weighted by Gasteiger charge is -2.11. The van der Waals surface area contributed by atoms with E-state index in [0.29, 0.717) is 5.92 Å². The predicted molar refractivity (Wildman–Crippen MR) is 91.7 cm³/mol. The number of methoxy groups -OCH3 is 1. The van der Waals surface area contributed by atoms with Crippen molar-refractivity contribution in [1.29, 1.82) is 0 Å². The molecule has 118 valence electrons. The molecule has 0 aliphatic carbocycles. The zero-order valence-corrected chi connectivity index (χ0v) is 13.6. The zero-order valence-electron chi connectivity index (χ0n) is 13.6. The Morgan fingerprint density at radius 2 is 1.77 bits per heavy atom. The summed E-state index contributed by atoms with van der Waals surface area (Å²) in [4.78, 5) is 0. The van der Waals surface area contributed by atoms with Gasteiger partial charge in [-0.2, -0.15) is 0 Å². The molecule has 2 rings (SSSR count). The fourth-order valence-corrected chi connectivity index (χ4v) is 2.06. The summed E-state index contributed by atoms with van der Waals surface area (Å²) >= 11 is 0. The third-order valence-electron chi connectivity index (χ3n) is 3.45. The van der Waals surface area contributed by atoms with Crippen molar-refractivity contribution in [3.8, 4) is 11.5 Å². The van der Waals surface area contributed by atoms with Gasteiger partial charge in [0.25, 0.3) is 0 Å². The van der Waals surface area contributed by atoms with Gasteiger partial charge in [-0.3, -0.25) is 0 Å². The van der Waals surface area contributed by atoms with Crippen molar-refractivity contribution in [1.82, 2.24) is 0 Å². The fraction of sp³-hybridized carbons (Fsp3) is 0.368. The molecule has 2 aromatic rings. The Morgan fingerprint density at radius 3 is 2.45 bits per heavy atom. The maximum absolute atomic E-state index is 5.78. The first-order valence-electron chi connectivity index (χ1n) is 7.77. The normalized spacial score (nSPS) is 10.5. The van der Waals surface area contributed by atoms with E-state index in [1.807, 2.05) is 30.3 Å². The third-order valence-corrected chi connectivity index (χ3v) is 3.45. The van der Waals surface area contributed by atoms with Crippen molar-refractivity contribution in [2.45, 2.75) is 26.8 Å². The molecule has 0 aliphatic heterocycles. The summed E-state index contributed by atoms with van der Waals surface area (Å²) in [6.07, 6.45) is 1.07. The SMILES string of the molecule is COc1ccc(CNc2cccc(OCCC(C)C)c2)cc1. The molecule has 0 saturated heterocycles. The van der Waals surface area contributed by atoms with Gasteiger partial charge in [0.15, 0.2) is 0 Å². The van der Waals surface area contributed by atoms with Crippen molar-refractivity contribution in [3.05, 3.63) is 54.1 Å². The first-order valence-corrected chi connectivity index (χ1v) is 7.77. The molecule has 0 aromatic heterocycles. The monoisotopic (exact) mass is 299 g/mol. The van der Waals surface area contributed by atoms with Crippen molar-refractivity contribution in [3.63, 3.8) is 0 Å². The first kappa shape index (κ1) is 16.2. The van der Waals surface area contributed by atoms with Gasteiger partial charge in [-0.15, -0.1) is 0 Å². The Hall–Kier alpha value is -2.16. The highest BCUT2D eigenvalue weighted by molar-refractivity contribution is 5.48. The van der Waals surface area contributed by atoms with E-state index < -0.39 is 0 Å². The molecule has 0 heterocycles. The zero-order chi connectivity index (χ0) is 15.8. The molecule has 22 heavy (non-hydrogen) atoms. The number of nitrogens with one attached hydrogen (secondary N) is 1. The van der Waals surface area contributed by atoms with Crippen molar-refractivity contribution in [2.75, 3.05) is 19.0 Å². The van der Waals surface area contributed by atoms with E-state index in [4.69, 9.17) is 9.47 Å². The lowest BCUT2D eigenvalue weighted by atomic mass is 10.1. The second kappa shape index (κ2) is 8.32. The second-order valence-electron chi connectivity index (χ2n) is 5.76. The largest absolute Gasteiger partial charge is 0.497 e. The predicted octanol–water partition coefficient (Wildman–Crippen LogP) is 4.73. The third kappa shape index (κ3) is 5.32. The maximum Gasteiger partial charge on any atom is 0.121 e. The van der Waals surface area contributed by atoms with Crippen LogP contribution >= 0.6 is 0 Å². The van der Waals surface area contributed by atoms with E-state index in [1.165, 1.54) is 5.56 Å². The molecule has 0 bridgehead atoms. The number of ether oxygens (including phenoxy) is 2. The van der Waals surface area contributed by atoms with Gasteiger partial charge in [0, 0.05) is 18.3 Å². The molecule has 0 unspecified atom stereocenters. The quantitative estimate of drug-likeness (QED) is 0.764. The van der Waals surface area contributed by atoms with E-state index in [-0.39, 0.29) is 0 Å². The highest BCUT2D eigenvalue weighted by Gasteiger charge is 2.00. The molecule has 1 N–H and O–H groups in total. The topological polar surface area (TPSA) is 30.5 Å². The van der Waals surface area contributed by atoms with Gasteiger partial charge < -0.3 is 14.8 Å². The summed E-state index contributed by atoms with van der Waals surface area (Å²) in [6.45, 7) is 5.95. The number of benzene rings is 2. The second-order valence-corrected chi connectivity index (χ2v) is 5.76. The Balaban J connectivity index is 1.86. The minimum atomic E-state index is 0.663. The van der Waals surface area contributed by atoms with Crippen LogP contribution in [0.2, 0.25) is 0 Å². The maximum atomic E-state index is 5.78. The average Bonchev–Trinajstić information content (AvgIpc) is 2.53. The van der Waals surface area contributed by atoms with Gasteiger partial charge in [0.2, 0.25) is 0 Å². The number of anilines is 1. The molecule has 0 saturated carbocycles. The van der Waals surface area contributed by atoms with Crippen LogP contribution < -0.4 is 14.8 Å². The fourth-order valence-electron chi connectivity index (χ4n) is 2.06. The van der Waals surface area contributed by atoms with Crippen LogP contribution in [0.4, 0.5) is 5.69 Å². The van der Waals surface area contributed by atoms with E-state index in [0.717, 1.165) is 36.8 Å². The summed E-state index contributed by atoms with van der Waals surface area (Å²) in [6, 6.07) is 16.2. The summed E-state index contributed by atoms with van der Waals surface area (Å²) in [5.74, 6) is 2.46.